The third-order valence-corrected chi connectivity index (χ3v) is 1.64. The molecule has 0 saturated carbocycles. The Morgan fingerprint density at radius 2 is 1.88 bits per heavy atom. The van der Waals surface area contributed by atoms with Crippen LogP contribution in [0.3, 0.4) is 0 Å². The zero-order valence-electron chi connectivity index (χ0n) is 9.35. The molecular formula is C12H17NO3. The molecule has 0 radical (unpaired) electrons. The maximum Gasteiger partial charge on any atom is 0.303 e. The Bertz CT molecular complexity index is 303. The highest BCUT2D eigenvalue weighted by Gasteiger charge is 1.97. The Kier molecular flexibility index (Phi) is 8.59. The maximum atomic E-state index is 11.1. The normalized spacial score (nSPS) is 11.6. The topological polar surface area (TPSA) is 66.4 Å². The van der Waals surface area contributed by atoms with Crippen molar-refractivity contribution in [1.82, 2.24) is 5.32 Å². The molecule has 88 valence electrons. The van der Waals surface area contributed by atoms with Crippen LogP contribution < -0.4 is 5.32 Å². The number of carboxylic acids is 1. The van der Waals surface area contributed by atoms with Crippen molar-refractivity contribution in [2.75, 3.05) is 6.54 Å². The van der Waals surface area contributed by atoms with Crippen LogP contribution in [0.4, 0.5) is 0 Å². The van der Waals surface area contributed by atoms with Crippen molar-refractivity contribution >= 4 is 11.9 Å². The summed E-state index contributed by atoms with van der Waals surface area (Å²) in [7, 11) is 0. The van der Waals surface area contributed by atoms with Crippen molar-refractivity contribution < 1.29 is 14.7 Å². The standard InChI is InChI=1S/C12H17NO3/c1-2-3-4-5-6-8-11(14)13-10-7-9-12(15)16/h2-6,8H,7,9-10H2,1H3,(H,13,14)(H,15,16)/b3-2+,5-4+,8-6+. The van der Waals surface area contributed by atoms with Crippen LogP contribution in [0.15, 0.2) is 36.5 Å². The number of hydrogen-bond donors (Lipinski definition) is 2. The van der Waals surface area contributed by atoms with Gasteiger partial charge in [0.2, 0.25) is 5.91 Å². The van der Waals surface area contributed by atoms with Gasteiger partial charge in [0.05, 0.1) is 0 Å². The Morgan fingerprint density at radius 3 is 2.50 bits per heavy atom. The number of carboxylic acid groups (broad SMARTS) is 1. The Hall–Kier alpha value is -1.84. The lowest BCUT2D eigenvalue weighted by atomic mass is 10.3. The minimum atomic E-state index is -0.848. The quantitative estimate of drug-likeness (QED) is 0.392. The summed E-state index contributed by atoms with van der Waals surface area (Å²) in [6, 6.07) is 0. The van der Waals surface area contributed by atoms with Crippen molar-refractivity contribution in [2.24, 2.45) is 0 Å². The largest absolute Gasteiger partial charge is 0.481 e. The lowest BCUT2D eigenvalue weighted by Gasteiger charge is -1.98. The van der Waals surface area contributed by atoms with Gasteiger partial charge in [0, 0.05) is 19.0 Å². The second kappa shape index (κ2) is 9.71. The van der Waals surface area contributed by atoms with Crippen molar-refractivity contribution in [2.45, 2.75) is 19.8 Å². The van der Waals surface area contributed by atoms with Gasteiger partial charge in [-0.25, -0.2) is 0 Å². The summed E-state index contributed by atoms with van der Waals surface area (Å²) in [5.74, 6) is -1.06. The van der Waals surface area contributed by atoms with E-state index in [1.54, 1.807) is 12.2 Å². The summed E-state index contributed by atoms with van der Waals surface area (Å²) in [6.45, 7) is 2.29. The van der Waals surface area contributed by atoms with Gasteiger partial charge in [-0.2, -0.15) is 0 Å². The molecule has 0 aliphatic rings. The summed E-state index contributed by atoms with van der Waals surface area (Å²) in [5, 5.41) is 10.9. The van der Waals surface area contributed by atoms with E-state index in [1.165, 1.54) is 6.08 Å². The van der Waals surface area contributed by atoms with Gasteiger partial charge in [-0.05, 0) is 13.3 Å². The highest BCUT2D eigenvalue weighted by molar-refractivity contribution is 5.87. The van der Waals surface area contributed by atoms with Crippen LogP contribution in [0.1, 0.15) is 19.8 Å². The van der Waals surface area contributed by atoms with Gasteiger partial charge in [-0.1, -0.05) is 30.4 Å². The first-order valence-corrected chi connectivity index (χ1v) is 5.12. The van der Waals surface area contributed by atoms with Gasteiger partial charge in [0.15, 0.2) is 0 Å². The van der Waals surface area contributed by atoms with Gasteiger partial charge in [-0.3, -0.25) is 9.59 Å². The van der Waals surface area contributed by atoms with E-state index in [1.807, 2.05) is 25.2 Å². The molecule has 0 spiro atoms. The molecule has 0 bridgehead atoms. The third-order valence-electron chi connectivity index (χ3n) is 1.64. The first-order valence-electron chi connectivity index (χ1n) is 5.12. The number of hydrogen-bond acceptors (Lipinski definition) is 2. The van der Waals surface area contributed by atoms with Crippen molar-refractivity contribution in [3.8, 4) is 0 Å². The van der Waals surface area contributed by atoms with Gasteiger partial charge in [-0.15, -0.1) is 0 Å². The van der Waals surface area contributed by atoms with Crippen molar-refractivity contribution in [3.05, 3.63) is 36.5 Å². The molecule has 0 aromatic rings. The molecule has 4 nitrogen and oxygen atoms in total. The molecule has 0 aliphatic heterocycles. The van der Waals surface area contributed by atoms with Crippen LogP contribution >= 0.6 is 0 Å². The van der Waals surface area contributed by atoms with Crippen molar-refractivity contribution in [3.63, 3.8) is 0 Å². The second-order valence-corrected chi connectivity index (χ2v) is 3.06. The molecule has 0 heterocycles. The van der Waals surface area contributed by atoms with E-state index in [9.17, 15) is 9.59 Å². The first kappa shape index (κ1) is 14.2. The summed E-state index contributed by atoms with van der Waals surface area (Å²) in [4.78, 5) is 21.3. The molecule has 2 N–H and O–H groups in total. The fraction of sp³-hybridized carbons (Fsp3) is 0.333. The lowest BCUT2D eigenvalue weighted by molar-refractivity contribution is -0.137. The van der Waals surface area contributed by atoms with Gasteiger partial charge < -0.3 is 10.4 Å². The van der Waals surface area contributed by atoms with Gasteiger partial charge in [0.25, 0.3) is 0 Å². The number of allylic oxidation sites excluding steroid dienone is 5. The Balaban J connectivity index is 3.62. The van der Waals surface area contributed by atoms with E-state index in [-0.39, 0.29) is 12.3 Å². The van der Waals surface area contributed by atoms with Crippen LogP contribution in [-0.4, -0.2) is 23.5 Å². The van der Waals surface area contributed by atoms with E-state index >= 15 is 0 Å². The van der Waals surface area contributed by atoms with E-state index in [0.29, 0.717) is 13.0 Å². The summed E-state index contributed by atoms with van der Waals surface area (Å²) < 4.78 is 0. The molecule has 0 fully saturated rings. The van der Waals surface area contributed by atoms with Crippen LogP contribution in [0.2, 0.25) is 0 Å². The van der Waals surface area contributed by atoms with E-state index in [4.69, 9.17) is 5.11 Å². The zero-order valence-corrected chi connectivity index (χ0v) is 9.35. The molecular weight excluding hydrogens is 206 g/mol. The summed E-state index contributed by atoms with van der Waals surface area (Å²) in [5.41, 5.74) is 0. The van der Waals surface area contributed by atoms with E-state index in [2.05, 4.69) is 5.32 Å². The number of carbonyl (C=O) groups excluding carboxylic acids is 1. The predicted molar refractivity (Wildman–Crippen MR) is 63.0 cm³/mol. The fourth-order valence-corrected chi connectivity index (χ4v) is 0.892. The number of carbonyl (C=O) groups is 2. The highest BCUT2D eigenvalue weighted by atomic mass is 16.4. The Morgan fingerprint density at radius 1 is 1.19 bits per heavy atom. The van der Waals surface area contributed by atoms with Crippen LogP contribution in [-0.2, 0) is 9.59 Å². The summed E-state index contributed by atoms with van der Waals surface area (Å²) in [6.07, 6.45) is 10.9. The number of amides is 1. The maximum absolute atomic E-state index is 11.1. The monoisotopic (exact) mass is 223 g/mol. The van der Waals surface area contributed by atoms with Crippen LogP contribution in [0.5, 0.6) is 0 Å². The molecule has 1 amide bonds. The molecule has 0 rings (SSSR count). The average molecular weight is 223 g/mol. The number of aliphatic carboxylic acids is 1. The highest BCUT2D eigenvalue weighted by Crippen LogP contribution is 1.86. The van der Waals surface area contributed by atoms with E-state index in [0.717, 1.165) is 0 Å². The predicted octanol–water partition coefficient (Wildman–Crippen LogP) is 1.66. The minimum absolute atomic E-state index is 0.0746. The first-order chi connectivity index (χ1) is 7.66. The molecule has 0 aromatic carbocycles. The van der Waals surface area contributed by atoms with Crippen LogP contribution in [0, 0.1) is 0 Å². The summed E-state index contributed by atoms with van der Waals surface area (Å²) >= 11 is 0. The van der Waals surface area contributed by atoms with Gasteiger partial charge >= 0.3 is 5.97 Å². The molecule has 0 unspecified atom stereocenters. The molecule has 0 aliphatic carbocycles. The number of nitrogens with one attached hydrogen (secondary N) is 1. The minimum Gasteiger partial charge on any atom is -0.481 e. The van der Waals surface area contributed by atoms with E-state index < -0.39 is 5.97 Å². The fourth-order valence-electron chi connectivity index (χ4n) is 0.892. The average Bonchev–Trinajstić information content (AvgIpc) is 2.24. The number of rotatable bonds is 7. The molecule has 0 atom stereocenters. The lowest BCUT2D eigenvalue weighted by Crippen LogP contribution is -2.22. The smallest absolute Gasteiger partial charge is 0.303 e. The molecule has 0 saturated heterocycles. The zero-order chi connectivity index (χ0) is 12.2. The molecule has 4 heteroatoms. The third kappa shape index (κ3) is 10.2. The van der Waals surface area contributed by atoms with Gasteiger partial charge in [0.1, 0.15) is 0 Å². The Labute approximate surface area is 95.4 Å². The SMILES string of the molecule is C/C=C/C=C/C=C/C(=O)NCCCC(=O)O. The van der Waals surface area contributed by atoms with Crippen molar-refractivity contribution in [1.29, 1.82) is 0 Å². The molecule has 0 aromatic heterocycles. The molecule has 16 heavy (non-hydrogen) atoms. The van der Waals surface area contributed by atoms with Crippen LogP contribution in [0.25, 0.3) is 0 Å². The second-order valence-electron chi connectivity index (χ2n) is 3.06.